The van der Waals surface area contributed by atoms with Crippen LogP contribution in [0.1, 0.15) is 44.6 Å². The molecule has 0 bridgehead atoms. The van der Waals surface area contributed by atoms with Crippen molar-refractivity contribution < 1.29 is 28.3 Å². The molecule has 1 fully saturated rings. The number of amides is 1. The van der Waals surface area contributed by atoms with Gasteiger partial charge in [-0.2, -0.15) is 0 Å². The van der Waals surface area contributed by atoms with E-state index in [2.05, 4.69) is 5.32 Å². The van der Waals surface area contributed by atoms with Gasteiger partial charge in [-0.25, -0.2) is 13.6 Å². The summed E-state index contributed by atoms with van der Waals surface area (Å²) in [6.07, 6.45) is 1.42. The molecule has 0 saturated heterocycles. The topological polar surface area (TPSA) is 88.4 Å². The predicted molar refractivity (Wildman–Crippen MR) is 86.3 cm³/mol. The number of fused-ring (bicyclic) bond motifs is 3. The molecule has 1 aromatic carbocycles. The number of Topliss-reactive ketones (excluding diaryl/α,β-unsaturated/α-hetero) is 1. The van der Waals surface area contributed by atoms with Gasteiger partial charge in [-0.3, -0.25) is 9.59 Å². The molecule has 0 unspecified atom stereocenters. The molecule has 1 saturated carbocycles. The molecular formula is C18H14F2N2O4. The number of aliphatic carboxylic acids is 1. The second kappa shape index (κ2) is 5.48. The van der Waals surface area contributed by atoms with Crippen molar-refractivity contribution in [1.29, 1.82) is 0 Å². The summed E-state index contributed by atoms with van der Waals surface area (Å²) in [7, 11) is 0. The summed E-state index contributed by atoms with van der Waals surface area (Å²) >= 11 is 0. The molecule has 6 nitrogen and oxygen atoms in total. The SMILES string of the molecule is Cc1c(C(=O)C(=O)O)c2n(c1C(=O)Nc1ccc(F)c(F)c1)[C@@H]1C[C@@H]1C2. The number of benzene rings is 1. The predicted octanol–water partition coefficient (Wildman–Crippen LogP) is 2.71. The van der Waals surface area contributed by atoms with Crippen LogP contribution in [-0.4, -0.2) is 27.3 Å². The van der Waals surface area contributed by atoms with Gasteiger partial charge in [-0.05, 0) is 43.4 Å². The number of halogens is 2. The largest absolute Gasteiger partial charge is 0.475 e. The second-order valence-corrected chi connectivity index (χ2v) is 6.65. The minimum Gasteiger partial charge on any atom is -0.475 e. The van der Waals surface area contributed by atoms with E-state index in [0.29, 0.717) is 18.0 Å². The third-order valence-electron chi connectivity index (χ3n) is 5.04. The quantitative estimate of drug-likeness (QED) is 0.648. The van der Waals surface area contributed by atoms with Crippen LogP contribution in [0.15, 0.2) is 18.2 Å². The fraction of sp³-hybridized carbons (Fsp3) is 0.278. The van der Waals surface area contributed by atoms with E-state index in [0.717, 1.165) is 18.6 Å². The number of hydrogen-bond acceptors (Lipinski definition) is 3. The molecule has 1 aliphatic heterocycles. The maximum absolute atomic E-state index is 13.4. The Labute approximate surface area is 146 Å². The zero-order valence-electron chi connectivity index (χ0n) is 13.7. The molecule has 2 atom stereocenters. The van der Waals surface area contributed by atoms with Gasteiger partial charge in [0, 0.05) is 23.5 Å². The number of nitrogens with zero attached hydrogens (tertiary/aromatic N) is 1. The minimum atomic E-state index is -1.57. The van der Waals surface area contributed by atoms with E-state index < -0.39 is 29.3 Å². The smallest absolute Gasteiger partial charge is 0.377 e. The van der Waals surface area contributed by atoms with Crippen LogP contribution in [0.4, 0.5) is 14.5 Å². The van der Waals surface area contributed by atoms with Gasteiger partial charge in [0.15, 0.2) is 11.6 Å². The minimum absolute atomic E-state index is 0.0557. The molecule has 2 aliphatic rings. The average molecular weight is 360 g/mol. The standard InChI is InChI=1S/C18H14F2N2O4/c1-7-14(16(23)18(25)26)13-5-8-4-12(8)22(13)15(7)17(24)21-9-2-3-10(19)11(20)6-9/h2-3,6,8,12H,4-5H2,1H3,(H,21,24)(H,25,26)/t8-,12-/m1/s1. The third-order valence-corrected chi connectivity index (χ3v) is 5.04. The summed E-state index contributed by atoms with van der Waals surface area (Å²) in [5, 5.41) is 11.6. The summed E-state index contributed by atoms with van der Waals surface area (Å²) in [5.74, 6) is -5.02. The molecule has 134 valence electrons. The summed E-state index contributed by atoms with van der Waals surface area (Å²) < 4.78 is 28.1. The normalized spacial score (nSPS) is 19.7. The van der Waals surface area contributed by atoms with Crippen molar-refractivity contribution in [3.05, 3.63) is 52.3 Å². The van der Waals surface area contributed by atoms with E-state index in [4.69, 9.17) is 5.11 Å². The van der Waals surface area contributed by atoms with E-state index in [9.17, 15) is 23.2 Å². The Hall–Kier alpha value is -3.03. The van der Waals surface area contributed by atoms with Crippen LogP contribution < -0.4 is 5.32 Å². The number of carbonyl (C=O) groups is 3. The van der Waals surface area contributed by atoms with Crippen LogP contribution in [0.25, 0.3) is 0 Å². The Morgan fingerprint density at radius 1 is 1.23 bits per heavy atom. The van der Waals surface area contributed by atoms with Crippen molar-refractivity contribution in [1.82, 2.24) is 4.57 Å². The van der Waals surface area contributed by atoms with E-state index in [1.54, 1.807) is 4.57 Å². The van der Waals surface area contributed by atoms with Crippen LogP contribution >= 0.6 is 0 Å². The summed E-state index contributed by atoms with van der Waals surface area (Å²) in [6.45, 7) is 1.53. The lowest BCUT2D eigenvalue weighted by Crippen LogP contribution is -2.18. The molecule has 26 heavy (non-hydrogen) atoms. The van der Waals surface area contributed by atoms with Crippen LogP contribution in [-0.2, 0) is 11.2 Å². The molecule has 0 spiro atoms. The van der Waals surface area contributed by atoms with Gasteiger partial charge in [-0.15, -0.1) is 0 Å². The molecule has 2 N–H and O–H groups in total. The number of hydrogen-bond donors (Lipinski definition) is 2. The second-order valence-electron chi connectivity index (χ2n) is 6.65. The maximum atomic E-state index is 13.4. The zero-order chi connectivity index (χ0) is 18.7. The number of anilines is 1. The molecule has 2 heterocycles. The van der Waals surface area contributed by atoms with Crippen molar-refractivity contribution in [3.8, 4) is 0 Å². The molecule has 8 heteroatoms. The van der Waals surface area contributed by atoms with Gasteiger partial charge in [0.2, 0.25) is 0 Å². The van der Waals surface area contributed by atoms with Crippen molar-refractivity contribution in [2.75, 3.05) is 5.32 Å². The Morgan fingerprint density at radius 2 is 1.96 bits per heavy atom. The van der Waals surface area contributed by atoms with Crippen molar-refractivity contribution in [2.45, 2.75) is 25.8 Å². The molecule has 0 radical (unpaired) electrons. The highest BCUT2D eigenvalue weighted by Gasteiger charge is 2.50. The molecular weight excluding hydrogens is 346 g/mol. The van der Waals surface area contributed by atoms with Gasteiger partial charge < -0.3 is 15.0 Å². The van der Waals surface area contributed by atoms with E-state index in [1.807, 2.05) is 0 Å². The lowest BCUT2D eigenvalue weighted by atomic mass is 10.0. The van der Waals surface area contributed by atoms with Gasteiger partial charge in [0.25, 0.3) is 11.7 Å². The van der Waals surface area contributed by atoms with Gasteiger partial charge >= 0.3 is 5.97 Å². The first-order chi connectivity index (χ1) is 12.3. The fourth-order valence-electron chi connectivity index (χ4n) is 3.81. The third kappa shape index (κ3) is 2.33. The fourth-order valence-corrected chi connectivity index (χ4v) is 3.81. The lowest BCUT2D eigenvalue weighted by molar-refractivity contribution is -0.131. The lowest BCUT2D eigenvalue weighted by Gasteiger charge is -2.10. The summed E-state index contributed by atoms with van der Waals surface area (Å²) in [4.78, 5) is 36.0. The van der Waals surface area contributed by atoms with E-state index in [-0.39, 0.29) is 28.6 Å². The maximum Gasteiger partial charge on any atom is 0.377 e. The Balaban J connectivity index is 1.75. The van der Waals surface area contributed by atoms with Crippen molar-refractivity contribution in [2.24, 2.45) is 5.92 Å². The first-order valence-corrected chi connectivity index (χ1v) is 8.07. The number of nitrogens with one attached hydrogen (secondary N) is 1. The summed E-state index contributed by atoms with van der Waals surface area (Å²) in [5.41, 5.74) is 1.17. The van der Waals surface area contributed by atoms with Crippen LogP contribution in [0.5, 0.6) is 0 Å². The highest BCUT2D eigenvalue weighted by atomic mass is 19.2. The number of rotatable bonds is 4. The van der Waals surface area contributed by atoms with E-state index >= 15 is 0 Å². The van der Waals surface area contributed by atoms with Crippen LogP contribution in [0, 0.1) is 24.5 Å². The first-order valence-electron chi connectivity index (χ1n) is 8.07. The number of carboxylic acid groups (broad SMARTS) is 1. The van der Waals surface area contributed by atoms with E-state index in [1.165, 1.54) is 13.0 Å². The molecule has 1 aliphatic carbocycles. The number of ketones is 1. The zero-order valence-corrected chi connectivity index (χ0v) is 13.7. The molecule has 1 aromatic heterocycles. The molecule has 4 rings (SSSR count). The Morgan fingerprint density at radius 3 is 2.62 bits per heavy atom. The number of carboxylic acids is 1. The van der Waals surface area contributed by atoms with Crippen LogP contribution in [0.3, 0.4) is 0 Å². The van der Waals surface area contributed by atoms with Crippen molar-refractivity contribution in [3.63, 3.8) is 0 Å². The highest BCUT2D eigenvalue weighted by molar-refractivity contribution is 6.41. The van der Waals surface area contributed by atoms with Crippen LogP contribution in [0.2, 0.25) is 0 Å². The van der Waals surface area contributed by atoms with Gasteiger partial charge in [-0.1, -0.05) is 0 Å². The van der Waals surface area contributed by atoms with Gasteiger partial charge in [0.1, 0.15) is 5.69 Å². The van der Waals surface area contributed by atoms with Gasteiger partial charge in [0.05, 0.1) is 5.56 Å². The highest BCUT2D eigenvalue weighted by Crippen LogP contribution is 2.54. The van der Waals surface area contributed by atoms with Crippen molar-refractivity contribution >= 4 is 23.3 Å². The molecule has 2 aromatic rings. The summed E-state index contributed by atoms with van der Waals surface area (Å²) in [6, 6.07) is 3.06. The Bertz CT molecular complexity index is 996. The number of carbonyl (C=O) groups excluding carboxylic acids is 2. The monoisotopic (exact) mass is 360 g/mol. The average Bonchev–Trinajstić information content (AvgIpc) is 3.15. The first kappa shape index (κ1) is 16.4. The molecule has 1 amide bonds. The Kier molecular flexibility index (Phi) is 3.47. The number of aromatic nitrogens is 1.